The molecule has 8 nitrogen and oxygen atoms in total. The van der Waals surface area contributed by atoms with Crippen LogP contribution in [0.3, 0.4) is 0 Å². The number of methoxy groups -OCH3 is 1. The Morgan fingerprint density at radius 2 is 1.77 bits per heavy atom. The Bertz CT molecular complexity index is 1120. The monoisotopic (exact) mass is 442 g/mol. The van der Waals surface area contributed by atoms with E-state index in [0.29, 0.717) is 60.6 Å². The first-order valence-corrected chi connectivity index (χ1v) is 11.7. The van der Waals surface area contributed by atoms with Crippen LogP contribution in [0.4, 0.5) is 0 Å². The molecule has 9 heteroatoms. The van der Waals surface area contributed by atoms with Gasteiger partial charge >= 0.3 is 0 Å². The highest BCUT2D eigenvalue weighted by molar-refractivity contribution is 7.89. The lowest BCUT2D eigenvalue weighted by Crippen LogP contribution is -2.49. The summed E-state index contributed by atoms with van der Waals surface area (Å²) in [5.41, 5.74) is 1.58. The van der Waals surface area contributed by atoms with E-state index in [1.54, 1.807) is 36.5 Å². The fourth-order valence-electron chi connectivity index (χ4n) is 3.68. The van der Waals surface area contributed by atoms with Crippen LogP contribution >= 0.6 is 0 Å². The average Bonchev–Trinajstić information content (AvgIpc) is 3.27. The fraction of sp³-hybridized carbons (Fsp3) is 0.364. The summed E-state index contributed by atoms with van der Waals surface area (Å²) in [5.74, 6) is 1.75. The zero-order valence-corrected chi connectivity index (χ0v) is 18.5. The molecular weight excluding hydrogens is 416 g/mol. The van der Waals surface area contributed by atoms with Gasteiger partial charge in [0.2, 0.25) is 21.8 Å². The normalized spacial score (nSPS) is 15.8. The SMILES string of the molecule is COc1ccc(S(=O)(=O)N2CCN(CCc3nnc(-c4ccccc4)o3)CC2)c(C)c1. The summed E-state index contributed by atoms with van der Waals surface area (Å²) in [6.07, 6.45) is 0.629. The summed E-state index contributed by atoms with van der Waals surface area (Å²) in [6, 6.07) is 14.7. The van der Waals surface area contributed by atoms with Crippen LogP contribution in [0, 0.1) is 6.92 Å². The molecule has 0 atom stereocenters. The lowest BCUT2D eigenvalue weighted by Gasteiger charge is -2.34. The summed E-state index contributed by atoms with van der Waals surface area (Å²) >= 11 is 0. The van der Waals surface area contributed by atoms with Crippen LogP contribution in [0.1, 0.15) is 11.5 Å². The van der Waals surface area contributed by atoms with Gasteiger partial charge in [-0.15, -0.1) is 10.2 Å². The summed E-state index contributed by atoms with van der Waals surface area (Å²) in [4.78, 5) is 2.56. The van der Waals surface area contributed by atoms with E-state index in [4.69, 9.17) is 9.15 Å². The Morgan fingerprint density at radius 1 is 1.03 bits per heavy atom. The maximum atomic E-state index is 13.1. The topological polar surface area (TPSA) is 88.8 Å². The van der Waals surface area contributed by atoms with E-state index in [2.05, 4.69) is 15.1 Å². The van der Waals surface area contributed by atoms with E-state index in [0.717, 1.165) is 12.1 Å². The molecule has 0 N–H and O–H groups in total. The van der Waals surface area contributed by atoms with Crippen molar-refractivity contribution in [3.63, 3.8) is 0 Å². The molecule has 0 aliphatic carbocycles. The van der Waals surface area contributed by atoms with Crippen molar-refractivity contribution in [3.05, 3.63) is 60.0 Å². The Morgan fingerprint density at radius 3 is 2.45 bits per heavy atom. The van der Waals surface area contributed by atoms with E-state index in [-0.39, 0.29) is 0 Å². The second kappa shape index (κ2) is 9.17. The van der Waals surface area contributed by atoms with Crippen LogP contribution in [0.2, 0.25) is 0 Å². The molecule has 1 aliphatic heterocycles. The first-order valence-electron chi connectivity index (χ1n) is 10.2. The Kier molecular flexibility index (Phi) is 6.35. The molecule has 2 aromatic carbocycles. The van der Waals surface area contributed by atoms with Crippen molar-refractivity contribution in [3.8, 4) is 17.2 Å². The van der Waals surface area contributed by atoms with Crippen molar-refractivity contribution in [2.45, 2.75) is 18.2 Å². The second-order valence-corrected chi connectivity index (χ2v) is 9.40. The maximum Gasteiger partial charge on any atom is 0.247 e. The van der Waals surface area contributed by atoms with Crippen molar-refractivity contribution in [2.75, 3.05) is 39.8 Å². The molecular formula is C22H26N4O4S. The van der Waals surface area contributed by atoms with Crippen LogP contribution < -0.4 is 4.74 Å². The number of ether oxygens (including phenoxy) is 1. The van der Waals surface area contributed by atoms with Gasteiger partial charge in [-0.2, -0.15) is 4.31 Å². The van der Waals surface area contributed by atoms with Gasteiger partial charge in [-0.3, -0.25) is 0 Å². The molecule has 0 radical (unpaired) electrons. The Hall–Kier alpha value is -2.75. The first-order chi connectivity index (χ1) is 15.0. The van der Waals surface area contributed by atoms with Gasteiger partial charge in [0.25, 0.3) is 0 Å². The van der Waals surface area contributed by atoms with Gasteiger partial charge in [-0.25, -0.2) is 8.42 Å². The second-order valence-electron chi connectivity index (χ2n) is 7.49. The highest BCUT2D eigenvalue weighted by Crippen LogP contribution is 2.25. The predicted octanol–water partition coefficient (Wildman–Crippen LogP) is 2.60. The molecule has 0 saturated carbocycles. The molecule has 0 amide bonds. The maximum absolute atomic E-state index is 13.1. The lowest BCUT2D eigenvalue weighted by atomic mass is 10.2. The number of aryl methyl sites for hydroxylation is 1. The van der Waals surface area contributed by atoms with Gasteiger partial charge in [-0.05, 0) is 42.8 Å². The Labute approximate surface area is 182 Å². The highest BCUT2D eigenvalue weighted by Gasteiger charge is 2.29. The van der Waals surface area contributed by atoms with Crippen molar-refractivity contribution in [1.29, 1.82) is 0 Å². The largest absolute Gasteiger partial charge is 0.497 e. The van der Waals surface area contributed by atoms with Crippen LogP contribution in [0.25, 0.3) is 11.5 Å². The molecule has 1 saturated heterocycles. The summed E-state index contributed by atoms with van der Waals surface area (Å²) in [6.45, 7) is 4.76. The number of aromatic nitrogens is 2. The number of benzene rings is 2. The van der Waals surface area contributed by atoms with Crippen LogP contribution in [-0.2, 0) is 16.4 Å². The Balaban J connectivity index is 1.32. The minimum atomic E-state index is -3.53. The fourth-order valence-corrected chi connectivity index (χ4v) is 5.30. The molecule has 164 valence electrons. The molecule has 1 aliphatic rings. The molecule has 1 fully saturated rings. The standard InChI is InChI=1S/C22H26N4O4S/c1-17-16-19(29-2)8-9-20(17)31(27,28)26-14-12-25(13-15-26)11-10-21-23-24-22(30-21)18-6-4-3-5-7-18/h3-9,16H,10-15H2,1-2H3. The molecule has 2 heterocycles. The van der Waals surface area contributed by atoms with Gasteiger partial charge in [0.1, 0.15) is 5.75 Å². The van der Waals surface area contributed by atoms with Gasteiger partial charge in [0.05, 0.1) is 12.0 Å². The third-order valence-corrected chi connectivity index (χ3v) is 7.52. The molecule has 0 spiro atoms. The van der Waals surface area contributed by atoms with E-state index in [1.807, 2.05) is 30.3 Å². The molecule has 4 rings (SSSR count). The van der Waals surface area contributed by atoms with Gasteiger partial charge < -0.3 is 14.1 Å². The highest BCUT2D eigenvalue weighted by atomic mass is 32.2. The van der Waals surface area contributed by atoms with Gasteiger partial charge in [-0.1, -0.05) is 18.2 Å². The van der Waals surface area contributed by atoms with E-state index < -0.39 is 10.0 Å². The van der Waals surface area contributed by atoms with Crippen molar-refractivity contribution < 1.29 is 17.6 Å². The zero-order valence-electron chi connectivity index (χ0n) is 17.7. The van der Waals surface area contributed by atoms with E-state index in [9.17, 15) is 8.42 Å². The van der Waals surface area contributed by atoms with Crippen molar-refractivity contribution in [1.82, 2.24) is 19.4 Å². The average molecular weight is 443 g/mol. The summed E-state index contributed by atoms with van der Waals surface area (Å²) in [5, 5.41) is 8.25. The van der Waals surface area contributed by atoms with E-state index >= 15 is 0 Å². The number of hydrogen-bond donors (Lipinski definition) is 0. The molecule has 31 heavy (non-hydrogen) atoms. The number of piperazine rings is 1. The van der Waals surface area contributed by atoms with Crippen molar-refractivity contribution >= 4 is 10.0 Å². The summed E-state index contributed by atoms with van der Waals surface area (Å²) in [7, 11) is -1.96. The van der Waals surface area contributed by atoms with Gasteiger partial charge in [0, 0.05) is 44.7 Å². The smallest absolute Gasteiger partial charge is 0.247 e. The minimum Gasteiger partial charge on any atom is -0.497 e. The first kappa shape index (κ1) is 21.5. The lowest BCUT2D eigenvalue weighted by molar-refractivity contribution is 0.187. The van der Waals surface area contributed by atoms with Gasteiger partial charge in [0.15, 0.2) is 0 Å². The van der Waals surface area contributed by atoms with E-state index in [1.165, 1.54) is 0 Å². The van der Waals surface area contributed by atoms with Crippen LogP contribution in [0.15, 0.2) is 57.8 Å². The molecule has 0 unspecified atom stereocenters. The van der Waals surface area contributed by atoms with Crippen molar-refractivity contribution in [2.24, 2.45) is 0 Å². The predicted molar refractivity (Wildman–Crippen MR) is 116 cm³/mol. The minimum absolute atomic E-state index is 0.334. The summed E-state index contributed by atoms with van der Waals surface area (Å²) < 4.78 is 38.6. The number of nitrogens with zero attached hydrogens (tertiary/aromatic N) is 4. The number of hydrogen-bond acceptors (Lipinski definition) is 7. The molecule has 1 aromatic heterocycles. The van der Waals surface area contributed by atoms with Crippen LogP contribution in [-0.4, -0.2) is 67.7 Å². The third kappa shape index (κ3) is 4.79. The van der Waals surface area contributed by atoms with Crippen LogP contribution in [0.5, 0.6) is 5.75 Å². The quantitative estimate of drug-likeness (QED) is 0.556. The third-order valence-electron chi connectivity index (χ3n) is 5.46. The number of rotatable bonds is 7. The molecule has 3 aromatic rings. The number of sulfonamides is 1. The zero-order chi connectivity index (χ0) is 21.8. The molecule has 0 bridgehead atoms.